The Kier molecular flexibility index (Phi) is 7.13. The summed E-state index contributed by atoms with van der Waals surface area (Å²) in [5, 5.41) is 13.5. The maximum atomic E-state index is 12.4. The normalized spacial score (nSPS) is 19.1. The summed E-state index contributed by atoms with van der Waals surface area (Å²) in [5.41, 5.74) is 2.96. The molecule has 9 heteroatoms. The number of pyridine rings is 1. The van der Waals surface area contributed by atoms with Crippen molar-refractivity contribution in [3.63, 3.8) is 0 Å². The van der Waals surface area contributed by atoms with E-state index in [0.29, 0.717) is 11.6 Å². The lowest BCUT2D eigenvalue weighted by Crippen LogP contribution is -2.56. The fourth-order valence-corrected chi connectivity index (χ4v) is 5.70. The number of nitrogens with zero attached hydrogens (tertiary/aromatic N) is 6. The standard InChI is InChI=1S/C28H35N7O2/c1-20(2)35-25(36)9-6-23-18-30-27(32-26(23)35)31-21(3)22-4-7-24(8-5-22)28(10-16-37-17-11-28)34-14-12-33(19-29)13-15-34/h4-9,18,20-21H,10-17H2,1-3H3,(H,30,31,32)/t21-/m0/s1. The molecule has 0 saturated carbocycles. The molecule has 0 bridgehead atoms. The van der Waals surface area contributed by atoms with Crippen molar-refractivity contribution in [1.29, 1.82) is 5.26 Å². The van der Waals surface area contributed by atoms with Crippen LogP contribution in [0.15, 0.2) is 47.4 Å². The first-order chi connectivity index (χ1) is 17.9. The van der Waals surface area contributed by atoms with Crippen LogP contribution in [0.4, 0.5) is 5.95 Å². The van der Waals surface area contributed by atoms with Gasteiger partial charge in [-0.25, -0.2) is 4.98 Å². The molecule has 4 heterocycles. The third-order valence-electron chi connectivity index (χ3n) is 7.82. The number of fused-ring (bicyclic) bond motifs is 1. The fourth-order valence-electron chi connectivity index (χ4n) is 5.70. The van der Waals surface area contributed by atoms with Crippen molar-refractivity contribution < 1.29 is 4.74 Å². The van der Waals surface area contributed by atoms with Gasteiger partial charge in [-0.15, -0.1) is 0 Å². The van der Waals surface area contributed by atoms with Gasteiger partial charge in [-0.2, -0.15) is 10.2 Å². The zero-order chi connectivity index (χ0) is 26.0. The third kappa shape index (κ3) is 4.91. The largest absolute Gasteiger partial charge is 0.381 e. The number of nitriles is 1. The summed E-state index contributed by atoms with van der Waals surface area (Å²) in [6.07, 6.45) is 5.96. The molecule has 1 N–H and O–H groups in total. The highest BCUT2D eigenvalue weighted by molar-refractivity contribution is 5.75. The monoisotopic (exact) mass is 501 g/mol. The Hall–Kier alpha value is -3.48. The molecule has 5 rings (SSSR count). The molecule has 0 unspecified atom stereocenters. The third-order valence-corrected chi connectivity index (χ3v) is 7.82. The quantitative estimate of drug-likeness (QED) is 0.511. The smallest absolute Gasteiger partial charge is 0.252 e. The van der Waals surface area contributed by atoms with Gasteiger partial charge in [0.25, 0.3) is 5.56 Å². The van der Waals surface area contributed by atoms with Gasteiger partial charge in [-0.05, 0) is 50.8 Å². The second kappa shape index (κ2) is 10.5. The van der Waals surface area contributed by atoms with Gasteiger partial charge in [0.2, 0.25) is 5.95 Å². The first-order valence-electron chi connectivity index (χ1n) is 13.1. The van der Waals surface area contributed by atoms with Crippen molar-refractivity contribution in [2.24, 2.45) is 0 Å². The molecule has 37 heavy (non-hydrogen) atoms. The van der Waals surface area contributed by atoms with E-state index in [4.69, 9.17) is 9.72 Å². The number of piperazine rings is 1. The van der Waals surface area contributed by atoms with Crippen LogP contribution in [-0.2, 0) is 10.3 Å². The average molecular weight is 502 g/mol. The number of rotatable bonds is 6. The lowest BCUT2D eigenvalue weighted by Gasteiger charge is -2.49. The Bertz CT molecular complexity index is 1330. The molecule has 1 aromatic carbocycles. The molecule has 0 amide bonds. The summed E-state index contributed by atoms with van der Waals surface area (Å²) in [4.78, 5) is 26.0. The van der Waals surface area contributed by atoms with Crippen molar-refractivity contribution in [3.05, 3.63) is 64.1 Å². The van der Waals surface area contributed by atoms with E-state index < -0.39 is 0 Å². The molecule has 0 radical (unpaired) electrons. The van der Waals surface area contributed by atoms with Crippen LogP contribution in [0.5, 0.6) is 0 Å². The summed E-state index contributed by atoms with van der Waals surface area (Å²) < 4.78 is 7.43. The van der Waals surface area contributed by atoms with Crippen LogP contribution in [0.2, 0.25) is 0 Å². The van der Waals surface area contributed by atoms with Crippen LogP contribution in [0.25, 0.3) is 11.0 Å². The van der Waals surface area contributed by atoms with E-state index >= 15 is 0 Å². The van der Waals surface area contributed by atoms with E-state index in [9.17, 15) is 10.1 Å². The van der Waals surface area contributed by atoms with Crippen LogP contribution in [0.3, 0.4) is 0 Å². The van der Waals surface area contributed by atoms with Crippen molar-refractivity contribution in [3.8, 4) is 6.19 Å². The van der Waals surface area contributed by atoms with E-state index in [1.165, 1.54) is 5.56 Å². The number of anilines is 1. The second-order valence-corrected chi connectivity index (χ2v) is 10.3. The molecular weight excluding hydrogens is 466 g/mol. The zero-order valence-electron chi connectivity index (χ0n) is 21.9. The van der Waals surface area contributed by atoms with Gasteiger partial charge in [-0.1, -0.05) is 24.3 Å². The van der Waals surface area contributed by atoms with Gasteiger partial charge in [0.1, 0.15) is 5.65 Å². The number of hydrogen-bond acceptors (Lipinski definition) is 8. The summed E-state index contributed by atoms with van der Waals surface area (Å²) in [7, 11) is 0. The van der Waals surface area contributed by atoms with Gasteiger partial charge in [0.05, 0.1) is 11.6 Å². The SMILES string of the molecule is CC(C)n1c(=O)ccc2cnc(N[C@@H](C)c3ccc(C4(N5CCN(C#N)CC5)CCOCC4)cc3)nc21. The predicted octanol–water partition coefficient (Wildman–Crippen LogP) is 3.65. The maximum Gasteiger partial charge on any atom is 0.252 e. The fraction of sp³-hybridized carbons (Fsp3) is 0.500. The summed E-state index contributed by atoms with van der Waals surface area (Å²) in [6, 6.07) is 12.2. The Morgan fingerprint density at radius 3 is 2.38 bits per heavy atom. The van der Waals surface area contributed by atoms with E-state index in [2.05, 4.69) is 52.6 Å². The van der Waals surface area contributed by atoms with Crippen molar-refractivity contribution >= 4 is 17.0 Å². The molecule has 3 aromatic rings. The van der Waals surface area contributed by atoms with Gasteiger partial charge in [0.15, 0.2) is 6.19 Å². The zero-order valence-corrected chi connectivity index (χ0v) is 21.9. The van der Waals surface area contributed by atoms with Crippen molar-refractivity contribution in [2.45, 2.75) is 51.2 Å². The molecule has 194 valence electrons. The van der Waals surface area contributed by atoms with Gasteiger partial charge < -0.3 is 15.0 Å². The molecule has 2 aliphatic heterocycles. The Labute approximate surface area is 217 Å². The number of aromatic nitrogens is 3. The molecule has 2 saturated heterocycles. The topological polar surface area (TPSA) is 99.3 Å². The summed E-state index contributed by atoms with van der Waals surface area (Å²) >= 11 is 0. The second-order valence-electron chi connectivity index (χ2n) is 10.3. The minimum atomic E-state index is -0.0631. The van der Waals surface area contributed by atoms with Gasteiger partial charge in [0, 0.05) is 63.1 Å². The summed E-state index contributed by atoms with van der Waals surface area (Å²) in [6.45, 7) is 10.9. The minimum Gasteiger partial charge on any atom is -0.381 e. The first-order valence-corrected chi connectivity index (χ1v) is 13.1. The lowest BCUT2D eigenvalue weighted by atomic mass is 9.80. The predicted molar refractivity (Wildman–Crippen MR) is 143 cm³/mol. The molecule has 2 fully saturated rings. The van der Waals surface area contributed by atoms with E-state index in [1.54, 1.807) is 22.9 Å². The molecule has 0 spiro atoms. The lowest BCUT2D eigenvalue weighted by molar-refractivity contribution is -0.0459. The van der Waals surface area contributed by atoms with E-state index in [0.717, 1.165) is 63.2 Å². The highest BCUT2D eigenvalue weighted by atomic mass is 16.5. The average Bonchev–Trinajstić information content (AvgIpc) is 2.93. The van der Waals surface area contributed by atoms with Crippen molar-refractivity contribution in [2.75, 3.05) is 44.7 Å². The summed E-state index contributed by atoms with van der Waals surface area (Å²) in [5.74, 6) is 0.500. The highest BCUT2D eigenvalue weighted by Crippen LogP contribution is 2.39. The van der Waals surface area contributed by atoms with Crippen LogP contribution in [0, 0.1) is 11.5 Å². The van der Waals surface area contributed by atoms with Crippen LogP contribution in [0.1, 0.15) is 56.8 Å². The van der Waals surface area contributed by atoms with Crippen LogP contribution in [-0.4, -0.2) is 63.7 Å². The molecule has 1 atom stereocenters. The molecule has 2 aromatic heterocycles. The number of benzene rings is 1. The van der Waals surface area contributed by atoms with Gasteiger partial charge in [-0.3, -0.25) is 14.3 Å². The van der Waals surface area contributed by atoms with E-state index in [-0.39, 0.29) is 23.2 Å². The van der Waals surface area contributed by atoms with Crippen LogP contribution >= 0.6 is 0 Å². The number of nitrogens with one attached hydrogen (secondary N) is 1. The van der Waals surface area contributed by atoms with Crippen molar-refractivity contribution in [1.82, 2.24) is 24.3 Å². The Morgan fingerprint density at radius 2 is 1.73 bits per heavy atom. The number of hydrogen-bond donors (Lipinski definition) is 1. The first kappa shape index (κ1) is 25.2. The van der Waals surface area contributed by atoms with Gasteiger partial charge >= 0.3 is 0 Å². The highest BCUT2D eigenvalue weighted by Gasteiger charge is 2.41. The molecule has 0 aliphatic carbocycles. The minimum absolute atomic E-state index is 0.00399. The maximum absolute atomic E-state index is 12.4. The molecule has 9 nitrogen and oxygen atoms in total. The molecular formula is C28H35N7O2. The number of ether oxygens (including phenoxy) is 1. The molecule has 2 aliphatic rings. The van der Waals surface area contributed by atoms with Crippen LogP contribution < -0.4 is 10.9 Å². The Morgan fingerprint density at radius 1 is 1.03 bits per heavy atom. The van der Waals surface area contributed by atoms with E-state index in [1.807, 2.05) is 18.7 Å². The Balaban J connectivity index is 1.36.